The first kappa shape index (κ1) is 12.5. The molecule has 0 bridgehead atoms. The number of hydrogen-bond acceptors (Lipinski definition) is 3. The number of rotatable bonds is 5. The lowest BCUT2D eigenvalue weighted by molar-refractivity contribution is 0.476. The van der Waals surface area contributed by atoms with Crippen LogP contribution in [0.2, 0.25) is 0 Å². The Balaban J connectivity index is 1.70. The predicted molar refractivity (Wildman–Crippen MR) is 79.4 cm³/mol. The maximum Gasteiger partial charge on any atom is 0.123 e. The summed E-state index contributed by atoms with van der Waals surface area (Å²) in [5, 5.41) is 10.3. The fraction of sp³-hybridized carbons (Fsp3) is 0.188. The Bertz CT molecular complexity index is 671. The second-order valence-corrected chi connectivity index (χ2v) is 4.63. The predicted octanol–water partition coefficient (Wildman–Crippen LogP) is 3.84. The van der Waals surface area contributed by atoms with E-state index in [-0.39, 0.29) is 0 Å². The summed E-state index contributed by atoms with van der Waals surface area (Å²) >= 11 is 0. The van der Waals surface area contributed by atoms with Crippen molar-refractivity contribution >= 4 is 5.69 Å². The summed E-state index contributed by atoms with van der Waals surface area (Å²) in [6, 6.07) is 14.2. The van der Waals surface area contributed by atoms with E-state index in [9.17, 15) is 0 Å². The summed E-state index contributed by atoms with van der Waals surface area (Å²) in [6.45, 7) is 2.77. The highest BCUT2D eigenvalue weighted by Gasteiger charge is 2.02. The molecule has 102 valence electrons. The van der Waals surface area contributed by atoms with Crippen LogP contribution >= 0.6 is 0 Å². The zero-order valence-corrected chi connectivity index (χ0v) is 11.4. The molecule has 0 fully saturated rings. The van der Waals surface area contributed by atoms with Gasteiger partial charge in [0.25, 0.3) is 0 Å². The van der Waals surface area contributed by atoms with Gasteiger partial charge in [0.1, 0.15) is 11.5 Å². The van der Waals surface area contributed by atoms with Crippen molar-refractivity contribution in [3.05, 3.63) is 60.2 Å². The fourth-order valence-electron chi connectivity index (χ4n) is 2.11. The van der Waals surface area contributed by atoms with Gasteiger partial charge < -0.3 is 9.73 Å². The molecule has 0 unspecified atom stereocenters. The molecule has 1 aromatic carbocycles. The van der Waals surface area contributed by atoms with E-state index >= 15 is 0 Å². The third kappa shape index (κ3) is 2.74. The summed E-state index contributed by atoms with van der Waals surface area (Å²) < 4.78 is 5.68. The summed E-state index contributed by atoms with van der Waals surface area (Å²) in [4.78, 5) is 0. The minimum atomic E-state index is 0.687. The number of furan rings is 1. The topological polar surface area (TPSA) is 53.9 Å². The molecule has 3 rings (SSSR count). The van der Waals surface area contributed by atoms with Gasteiger partial charge in [0.05, 0.1) is 12.2 Å². The summed E-state index contributed by atoms with van der Waals surface area (Å²) in [6.07, 6.45) is 2.68. The van der Waals surface area contributed by atoms with Crippen molar-refractivity contribution in [1.29, 1.82) is 0 Å². The zero-order chi connectivity index (χ0) is 13.8. The number of H-pyrrole nitrogens is 1. The molecule has 3 aromatic rings. The lowest BCUT2D eigenvalue weighted by Gasteiger charge is -2.06. The fourth-order valence-corrected chi connectivity index (χ4v) is 2.11. The molecule has 4 heteroatoms. The average Bonchev–Trinajstić information content (AvgIpc) is 3.17. The lowest BCUT2D eigenvalue weighted by Crippen LogP contribution is -1.98. The maximum atomic E-state index is 5.68. The number of hydrogen-bond donors (Lipinski definition) is 2. The highest BCUT2D eigenvalue weighted by atomic mass is 16.3. The molecule has 2 heterocycles. The lowest BCUT2D eigenvalue weighted by atomic mass is 10.1. The summed E-state index contributed by atoms with van der Waals surface area (Å²) in [7, 11) is 0. The molecule has 0 aliphatic rings. The summed E-state index contributed by atoms with van der Waals surface area (Å²) in [5.74, 6) is 1.97. The smallest absolute Gasteiger partial charge is 0.123 e. The van der Waals surface area contributed by atoms with Gasteiger partial charge in [-0.1, -0.05) is 19.1 Å². The van der Waals surface area contributed by atoms with E-state index in [1.165, 1.54) is 0 Å². The van der Waals surface area contributed by atoms with Gasteiger partial charge in [-0.2, -0.15) is 5.10 Å². The molecule has 2 N–H and O–H groups in total. The molecule has 0 atom stereocenters. The molecular weight excluding hydrogens is 250 g/mol. The molecule has 20 heavy (non-hydrogen) atoms. The number of anilines is 1. The largest absolute Gasteiger partial charge is 0.464 e. The molecule has 0 radical (unpaired) electrons. The number of nitrogens with zero attached hydrogens (tertiary/aromatic N) is 1. The Labute approximate surface area is 117 Å². The van der Waals surface area contributed by atoms with Crippen molar-refractivity contribution in [2.24, 2.45) is 0 Å². The Hall–Kier alpha value is -2.49. The highest BCUT2D eigenvalue weighted by molar-refractivity contribution is 5.64. The van der Waals surface area contributed by atoms with Crippen LogP contribution in [0.25, 0.3) is 11.3 Å². The van der Waals surface area contributed by atoms with E-state index in [4.69, 9.17) is 4.42 Å². The van der Waals surface area contributed by atoms with E-state index in [1.54, 1.807) is 6.20 Å². The van der Waals surface area contributed by atoms with E-state index < -0.39 is 0 Å². The Kier molecular flexibility index (Phi) is 3.54. The van der Waals surface area contributed by atoms with E-state index in [2.05, 4.69) is 34.6 Å². The molecule has 0 aliphatic heterocycles. The van der Waals surface area contributed by atoms with Crippen LogP contribution in [0.5, 0.6) is 0 Å². The van der Waals surface area contributed by atoms with Crippen molar-refractivity contribution in [3.63, 3.8) is 0 Å². The monoisotopic (exact) mass is 267 g/mol. The molecule has 0 amide bonds. The van der Waals surface area contributed by atoms with Crippen LogP contribution in [0, 0.1) is 0 Å². The first-order chi connectivity index (χ1) is 9.85. The van der Waals surface area contributed by atoms with Gasteiger partial charge in [0.2, 0.25) is 0 Å². The molecule has 0 spiro atoms. The molecule has 0 saturated carbocycles. The number of aromatic nitrogens is 2. The minimum absolute atomic E-state index is 0.687. The molecule has 0 saturated heterocycles. The molecule has 0 aliphatic carbocycles. The van der Waals surface area contributed by atoms with Crippen LogP contribution < -0.4 is 5.32 Å². The van der Waals surface area contributed by atoms with Gasteiger partial charge in [0, 0.05) is 23.9 Å². The summed E-state index contributed by atoms with van der Waals surface area (Å²) in [5.41, 5.74) is 3.19. The quantitative estimate of drug-likeness (QED) is 0.738. The third-order valence-corrected chi connectivity index (χ3v) is 3.21. The van der Waals surface area contributed by atoms with Crippen molar-refractivity contribution in [2.45, 2.75) is 19.9 Å². The first-order valence-corrected chi connectivity index (χ1v) is 6.76. The Morgan fingerprint density at radius 1 is 1.15 bits per heavy atom. The van der Waals surface area contributed by atoms with Gasteiger partial charge in [-0.05, 0) is 30.3 Å². The third-order valence-electron chi connectivity index (χ3n) is 3.21. The number of nitrogens with one attached hydrogen (secondary N) is 2. The minimum Gasteiger partial charge on any atom is -0.464 e. The molecule has 4 nitrogen and oxygen atoms in total. The van der Waals surface area contributed by atoms with Crippen LogP contribution in [-0.2, 0) is 13.0 Å². The SMILES string of the molecule is CCc1ccc(CNc2cccc(-c3ccn[nH]3)c2)o1. The number of benzene rings is 1. The Morgan fingerprint density at radius 2 is 2.05 bits per heavy atom. The van der Waals surface area contributed by atoms with Crippen LogP contribution in [0.15, 0.2) is 53.1 Å². The van der Waals surface area contributed by atoms with Gasteiger partial charge in [-0.25, -0.2) is 0 Å². The van der Waals surface area contributed by atoms with Crippen molar-refractivity contribution in [2.75, 3.05) is 5.32 Å². The first-order valence-electron chi connectivity index (χ1n) is 6.76. The van der Waals surface area contributed by atoms with E-state index in [0.717, 1.165) is 34.9 Å². The molecule has 2 aromatic heterocycles. The van der Waals surface area contributed by atoms with Crippen molar-refractivity contribution < 1.29 is 4.42 Å². The van der Waals surface area contributed by atoms with Crippen LogP contribution in [0.4, 0.5) is 5.69 Å². The average molecular weight is 267 g/mol. The Morgan fingerprint density at radius 3 is 2.80 bits per heavy atom. The zero-order valence-electron chi connectivity index (χ0n) is 11.4. The molecular formula is C16H17N3O. The second kappa shape index (κ2) is 5.65. The maximum absolute atomic E-state index is 5.68. The van der Waals surface area contributed by atoms with Crippen molar-refractivity contribution in [1.82, 2.24) is 10.2 Å². The standard InChI is InChI=1S/C16H17N3O/c1-2-14-6-7-15(20-14)11-17-13-5-3-4-12(10-13)16-8-9-18-19-16/h3-10,17H,2,11H2,1H3,(H,18,19). The number of aryl methyl sites for hydroxylation is 1. The van der Waals surface area contributed by atoms with Gasteiger partial charge in [-0.3, -0.25) is 5.10 Å². The highest BCUT2D eigenvalue weighted by Crippen LogP contribution is 2.21. The van der Waals surface area contributed by atoms with Gasteiger partial charge in [-0.15, -0.1) is 0 Å². The van der Waals surface area contributed by atoms with Gasteiger partial charge >= 0.3 is 0 Å². The van der Waals surface area contributed by atoms with Crippen molar-refractivity contribution in [3.8, 4) is 11.3 Å². The second-order valence-electron chi connectivity index (χ2n) is 4.63. The van der Waals surface area contributed by atoms with Gasteiger partial charge in [0.15, 0.2) is 0 Å². The van der Waals surface area contributed by atoms with E-state index in [1.807, 2.05) is 30.3 Å². The van der Waals surface area contributed by atoms with E-state index in [0.29, 0.717) is 6.54 Å². The van der Waals surface area contributed by atoms with Crippen LogP contribution in [-0.4, -0.2) is 10.2 Å². The number of aromatic amines is 1. The normalized spacial score (nSPS) is 10.7. The van der Waals surface area contributed by atoms with Crippen LogP contribution in [0.1, 0.15) is 18.4 Å². The van der Waals surface area contributed by atoms with Crippen LogP contribution in [0.3, 0.4) is 0 Å².